The highest BCUT2D eigenvalue weighted by molar-refractivity contribution is 5.93. The Hall–Kier alpha value is -2.37. The summed E-state index contributed by atoms with van der Waals surface area (Å²) in [6.45, 7) is 2.03. The van der Waals surface area contributed by atoms with Crippen LogP contribution in [-0.4, -0.2) is 16.2 Å². The molecule has 0 atom stereocenters. The summed E-state index contributed by atoms with van der Waals surface area (Å²) < 4.78 is 4.44. The van der Waals surface area contributed by atoms with Crippen molar-refractivity contribution in [2.75, 3.05) is 11.1 Å². The number of carbonyl (C=O) groups excluding carboxylic acids is 1. The average molecular weight is 246 g/mol. The molecule has 0 unspecified atom stereocenters. The topological polar surface area (TPSA) is 94.0 Å². The first-order chi connectivity index (χ1) is 8.70. The second-order valence-electron chi connectivity index (χ2n) is 3.83. The average Bonchev–Trinajstić information content (AvgIpc) is 2.75. The van der Waals surface area contributed by atoms with E-state index >= 15 is 0 Å². The maximum Gasteiger partial charge on any atom is 0.230 e. The van der Waals surface area contributed by atoms with Crippen molar-refractivity contribution in [3.05, 3.63) is 35.5 Å². The molecule has 6 heteroatoms. The molecule has 1 heterocycles. The second kappa shape index (κ2) is 5.31. The van der Waals surface area contributed by atoms with Crippen LogP contribution >= 0.6 is 0 Å². The number of para-hydroxylation sites is 1. The van der Waals surface area contributed by atoms with E-state index in [9.17, 15) is 4.79 Å². The van der Waals surface area contributed by atoms with Crippen molar-refractivity contribution in [1.29, 1.82) is 0 Å². The SMILES string of the molecule is CCc1ccccc1NC(=O)Cc1nonc1N. The second-order valence-corrected chi connectivity index (χ2v) is 3.83. The molecular formula is C12H14N4O2. The number of hydrogen-bond donors (Lipinski definition) is 2. The molecule has 18 heavy (non-hydrogen) atoms. The van der Waals surface area contributed by atoms with Gasteiger partial charge in [-0.3, -0.25) is 4.79 Å². The fourth-order valence-electron chi connectivity index (χ4n) is 1.63. The normalized spacial score (nSPS) is 10.3. The molecule has 0 spiro atoms. The summed E-state index contributed by atoms with van der Waals surface area (Å²) in [7, 11) is 0. The number of rotatable bonds is 4. The van der Waals surface area contributed by atoms with Crippen LogP contribution in [0.1, 0.15) is 18.2 Å². The van der Waals surface area contributed by atoms with E-state index in [0.29, 0.717) is 5.69 Å². The number of carbonyl (C=O) groups is 1. The molecule has 1 aromatic heterocycles. The maximum absolute atomic E-state index is 11.8. The molecule has 94 valence electrons. The number of nitrogens with two attached hydrogens (primary N) is 1. The first-order valence-electron chi connectivity index (χ1n) is 5.65. The molecule has 0 saturated heterocycles. The summed E-state index contributed by atoms with van der Waals surface area (Å²) >= 11 is 0. The van der Waals surface area contributed by atoms with E-state index in [1.54, 1.807) is 0 Å². The summed E-state index contributed by atoms with van der Waals surface area (Å²) in [4.78, 5) is 11.8. The van der Waals surface area contributed by atoms with Gasteiger partial charge in [-0.05, 0) is 23.2 Å². The Kier molecular flexibility index (Phi) is 3.57. The number of amides is 1. The minimum atomic E-state index is -0.196. The van der Waals surface area contributed by atoms with Gasteiger partial charge in [-0.25, -0.2) is 4.63 Å². The lowest BCUT2D eigenvalue weighted by atomic mass is 10.1. The first-order valence-corrected chi connectivity index (χ1v) is 5.65. The van der Waals surface area contributed by atoms with Crippen LogP contribution in [0.25, 0.3) is 0 Å². The molecule has 0 aliphatic rings. The molecule has 0 aliphatic heterocycles. The lowest BCUT2D eigenvalue weighted by molar-refractivity contribution is -0.115. The van der Waals surface area contributed by atoms with Crippen LogP contribution in [0.15, 0.2) is 28.9 Å². The molecule has 0 aliphatic carbocycles. The van der Waals surface area contributed by atoms with Gasteiger partial charge in [0.15, 0.2) is 5.82 Å². The maximum atomic E-state index is 11.8. The zero-order valence-electron chi connectivity index (χ0n) is 10.0. The standard InChI is InChI=1S/C12H14N4O2/c1-2-8-5-3-4-6-9(8)14-11(17)7-10-12(13)16-18-15-10/h3-6H,2,7H2,1H3,(H2,13,16)(H,14,17). The van der Waals surface area contributed by atoms with Gasteiger partial charge in [-0.2, -0.15) is 0 Å². The van der Waals surface area contributed by atoms with E-state index < -0.39 is 0 Å². The Morgan fingerprint density at radius 3 is 2.83 bits per heavy atom. The van der Waals surface area contributed by atoms with Crippen molar-refractivity contribution in [2.24, 2.45) is 0 Å². The molecular weight excluding hydrogens is 232 g/mol. The van der Waals surface area contributed by atoms with E-state index in [4.69, 9.17) is 5.73 Å². The van der Waals surface area contributed by atoms with E-state index in [0.717, 1.165) is 17.7 Å². The lowest BCUT2D eigenvalue weighted by Crippen LogP contribution is -2.16. The Morgan fingerprint density at radius 1 is 1.39 bits per heavy atom. The van der Waals surface area contributed by atoms with Gasteiger partial charge in [0.25, 0.3) is 0 Å². The number of hydrogen-bond acceptors (Lipinski definition) is 5. The minimum absolute atomic E-state index is 0.0490. The van der Waals surface area contributed by atoms with Gasteiger partial charge in [0.05, 0.1) is 6.42 Å². The largest absolute Gasteiger partial charge is 0.379 e. The molecule has 0 radical (unpaired) electrons. The Balaban J connectivity index is 2.05. The number of nitrogen functional groups attached to an aromatic ring is 1. The Bertz CT molecular complexity index is 551. The van der Waals surface area contributed by atoms with Crippen molar-refractivity contribution < 1.29 is 9.42 Å². The molecule has 6 nitrogen and oxygen atoms in total. The van der Waals surface area contributed by atoms with Gasteiger partial charge in [0, 0.05) is 5.69 Å². The molecule has 3 N–H and O–H groups in total. The summed E-state index contributed by atoms with van der Waals surface area (Å²) in [5, 5.41) is 9.81. The van der Waals surface area contributed by atoms with Crippen molar-refractivity contribution in [3.8, 4) is 0 Å². The summed E-state index contributed by atoms with van der Waals surface area (Å²) in [6.07, 6.45) is 0.900. The summed E-state index contributed by atoms with van der Waals surface area (Å²) in [5.41, 5.74) is 7.73. The molecule has 1 amide bonds. The monoisotopic (exact) mass is 246 g/mol. The number of anilines is 2. The molecule has 1 aromatic carbocycles. The fraction of sp³-hybridized carbons (Fsp3) is 0.250. The molecule has 2 aromatic rings. The van der Waals surface area contributed by atoms with Crippen LogP contribution in [0, 0.1) is 0 Å². The van der Waals surface area contributed by atoms with Crippen LogP contribution in [0.2, 0.25) is 0 Å². The predicted octanol–water partition coefficient (Wildman–Crippen LogP) is 1.40. The summed E-state index contributed by atoms with van der Waals surface area (Å²) in [6, 6.07) is 7.65. The smallest absolute Gasteiger partial charge is 0.230 e. The van der Waals surface area contributed by atoms with E-state index in [-0.39, 0.29) is 18.1 Å². The fourth-order valence-corrected chi connectivity index (χ4v) is 1.63. The van der Waals surface area contributed by atoms with Crippen LogP contribution < -0.4 is 11.1 Å². The van der Waals surface area contributed by atoms with Crippen LogP contribution in [0.5, 0.6) is 0 Å². The van der Waals surface area contributed by atoms with Crippen LogP contribution in [-0.2, 0) is 17.6 Å². The summed E-state index contributed by atoms with van der Waals surface area (Å²) in [5.74, 6) is -0.0489. The highest BCUT2D eigenvalue weighted by atomic mass is 16.6. The van der Waals surface area contributed by atoms with E-state index in [2.05, 4.69) is 20.3 Å². The van der Waals surface area contributed by atoms with Crippen molar-refractivity contribution in [2.45, 2.75) is 19.8 Å². The van der Waals surface area contributed by atoms with Crippen molar-refractivity contribution in [3.63, 3.8) is 0 Å². The van der Waals surface area contributed by atoms with Gasteiger partial charge >= 0.3 is 0 Å². The third kappa shape index (κ3) is 2.65. The third-order valence-corrected chi connectivity index (χ3v) is 2.59. The van der Waals surface area contributed by atoms with Crippen molar-refractivity contribution in [1.82, 2.24) is 10.3 Å². The van der Waals surface area contributed by atoms with Crippen molar-refractivity contribution >= 4 is 17.4 Å². The van der Waals surface area contributed by atoms with Gasteiger partial charge in [0.1, 0.15) is 5.69 Å². The zero-order valence-corrected chi connectivity index (χ0v) is 10.0. The van der Waals surface area contributed by atoms with Gasteiger partial charge < -0.3 is 11.1 Å². The molecule has 0 fully saturated rings. The third-order valence-electron chi connectivity index (χ3n) is 2.59. The van der Waals surface area contributed by atoms with Crippen LogP contribution in [0.3, 0.4) is 0 Å². The number of nitrogens with one attached hydrogen (secondary N) is 1. The minimum Gasteiger partial charge on any atom is -0.379 e. The van der Waals surface area contributed by atoms with Gasteiger partial charge in [-0.1, -0.05) is 30.3 Å². The molecule has 0 bridgehead atoms. The van der Waals surface area contributed by atoms with E-state index in [1.807, 2.05) is 31.2 Å². The van der Waals surface area contributed by atoms with Gasteiger partial charge in [-0.15, -0.1) is 0 Å². The number of aromatic nitrogens is 2. The predicted molar refractivity (Wildman–Crippen MR) is 66.9 cm³/mol. The highest BCUT2D eigenvalue weighted by Gasteiger charge is 2.12. The van der Waals surface area contributed by atoms with Gasteiger partial charge in [0.2, 0.25) is 5.91 Å². The first kappa shape index (κ1) is 12.1. The number of aryl methyl sites for hydroxylation is 1. The zero-order chi connectivity index (χ0) is 13.0. The quantitative estimate of drug-likeness (QED) is 0.850. The Morgan fingerprint density at radius 2 is 2.17 bits per heavy atom. The highest BCUT2D eigenvalue weighted by Crippen LogP contribution is 2.16. The van der Waals surface area contributed by atoms with E-state index in [1.165, 1.54) is 0 Å². The molecule has 2 rings (SSSR count). The number of benzene rings is 1. The Labute approximate surface area is 104 Å². The number of nitrogens with zero attached hydrogens (tertiary/aromatic N) is 2. The lowest BCUT2D eigenvalue weighted by Gasteiger charge is -2.08. The molecule has 0 saturated carbocycles. The van der Waals surface area contributed by atoms with Crippen LogP contribution in [0.4, 0.5) is 11.5 Å².